The number of pyridine rings is 1. The third-order valence-electron chi connectivity index (χ3n) is 8.11. The standard InChI is InChI=1S/C34H28F5N3O4/c1-19-5-6-21(24(35)11-19)16-45-31-4-2-3-27(41-31)23-15-25(36)22(12-26(23)37)14-30-40-28-8-7-20(32(43)44)13-29(28)42(30)17-34(9-10-34)18-46-33(38)39/h2-8,11-13,15,33H,9-10,14,16-18H2,1H3,(H,43,44). The van der Waals surface area contributed by atoms with Crippen LogP contribution in [0.1, 0.15) is 45.7 Å². The number of hydrogen-bond acceptors (Lipinski definition) is 5. The van der Waals surface area contributed by atoms with Gasteiger partial charge in [-0.25, -0.2) is 27.9 Å². The van der Waals surface area contributed by atoms with Gasteiger partial charge < -0.3 is 19.1 Å². The van der Waals surface area contributed by atoms with E-state index in [-0.39, 0.29) is 54.4 Å². The summed E-state index contributed by atoms with van der Waals surface area (Å²) in [4.78, 5) is 20.5. The van der Waals surface area contributed by atoms with E-state index in [1.165, 1.54) is 36.4 Å². The van der Waals surface area contributed by atoms with Gasteiger partial charge in [0.1, 0.15) is 29.9 Å². The Balaban J connectivity index is 1.28. The zero-order valence-electron chi connectivity index (χ0n) is 24.6. The second kappa shape index (κ2) is 12.5. The molecule has 2 heterocycles. The van der Waals surface area contributed by atoms with Gasteiger partial charge in [-0.2, -0.15) is 8.78 Å². The molecule has 3 aromatic carbocycles. The van der Waals surface area contributed by atoms with Crippen LogP contribution in [0.15, 0.2) is 66.7 Å². The quantitative estimate of drug-likeness (QED) is 0.141. The third-order valence-corrected chi connectivity index (χ3v) is 8.11. The van der Waals surface area contributed by atoms with E-state index >= 15 is 8.78 Å². The van der Waals surface area contributed by atoms with Crippen LogP contribution in [0.3, 0.4) is 0 Å². The van der Waals surface area contributed by atoms with Crippen molar-refractivity contribution < 1.29 is 41.3 Å². The fraction of sp³-hybridized carbons (Fsp3) is 0.265. The molecule has 5 aromatic rings. The molecule has 0 bridgehead atoms. The molecule has 12 heteroatoms. The van der Waals surface area contributed by atoms with E-state index in [9.17, 15) is 23.1 Å². The predicted octanol–water partition coefficient (Wildman–Crippen LogP) is 7.71. The van der Waals surface area contributed by atoms with E-state index in [1.54, 1.807) is 29.7 Å². The zero-order chi connectivity index (χ0) is 32.6. The number of carboxylic acids is 1. The molecule has 0 aliphatic heterocycles. The van der Waals surface area contributed by atoms with Crippen LogP contribution in [-0.4, -0.2) is 38.8 Å². The molecular formula is C34H28F5N3O4. The van der Waals surface area contributed by atoms with E-state index in [0.717, 1.165) is 17.7 Å². The second-order valence-corrected chi connectivity index (χ2v) is 11.5. The highest BCUT2D eigenvalue weighted by atomic mass is 19.3. The first kappa shape index (κ1) is 31.2. The number of aromatic nitrogens is 3. The van der Waals surface area contributed by atoms with Gasteiger partial charge in [0, 0.05) is 35.6 Å². The number of carboxylic acid groups (broad SMARTS) is 1. The van der Waals surface area contributed by atoms with Gasteiger partial charge in [0.25, 0.3) is 0 Å². The first-order valence-electron chi connectivity index (χ1n) is 14.5. The maximum atomic E-state index is 15.6. The third kappa shape index (κ3) is 6.71. The molecule has 46 heavy (non-hydrogen) atoms. The fourth-order valence-electron chi connectivity index (χ4n) is 5.37. The van der Waals surface area contributed by atoms with Crippen molar-refractivity contribution in [2.24, 2.45) is 5.41 Å². The number of alkyl halides is 2. The summed E-state index contributed by atoms with van der Waals surface area (Å²) in [5, 5.41) is 9.52. The molecular weight excluding hydrogens is 609 g/mol. The number of benzene rings is 3. The predicted molar refractivity (Wildman–Crippen MR) is 158 cm³/mol. The zero-order valence-corrected chi connectivity index (χ0v) is 24.6. The smallest absolute Gasteiger partial charge is 0.345 e. The Bertz CT molecular complexity index is 1940. The van der Waals surface area contributed by atoms with Crippen molar-refractivity contribution in [1.29, 1.82) is 0 Å². The summed E-state index contributed by atoms with van der Waals surface area (Å²) in [6.45, 7) is -1.31. The molecule has 238 valence electrons. The molecule has 1 aliphatic carbocycles. The van der Waals surface area contributed by atoms with Crippen molar-refractivity contribution in [2.45, 2.75) is 45.9 Å². The molecule has 0 saturated heterocycles. The molecule has 1 aliphatic rings. The van der Waals surface area contributed by atoms with Gasteiger partial charge in [-0.3, -0.25) is 0 Å². The number of ether oxygens (including phenoxy) is 2. The molecule has 0 spiro atoms. The van der Waals surface area contributed by atoms with E-state index in [4.69, 9.17) is 4.74 Å². The summed E-state index contributed by atoms with van der Waals surface area (Å²) >= 11 is 0. The Kier molecular flexibility index (Phi) is 8.47. The second-order valence-electron chi connectivity index (χ2n) is 11.5. The lowest BCUT2D eigenvalue weighted by atomic mass is 10.0. The Hall–Kier alpha value is -4.84. The number of aromatic carboxylic acids is 1. The lowest BCUT2D eigenvalue weighted by Gasteiger charge is -2.19. The highest BCUT2D eigenvalue weighted by Gasteiger charge is 2.44. The molecule has 1 fully saturated rings. The Morgan fingerprint density at radius 3 is 2.46 bits per heavy atom. The van der Waals surface area contributed by atoms with E-state index < -0.39 is 35.4 Å². The van der Waals surface area contributed by atoms with Crippen molar-refractivity contribution in [3.8, 4) is 17.1 Å². The van der Waals surface area contributed by atoms with E-state index in [0.29, 0.717) is 35.3 Å². The summed E-state index contributed by atoms with van der Waals surface area (Å²) in [6, 6.07) is 15.7. The Labute approximate surface area is 260 Å². The molecule has 7 nitrogen and oxygen atoms in total. The van der Waals surface area contributed by atoms with Crippen molar-refractivity contribution in [3.63, 3.8) is 0 Å². The van der Waals surface area contributed by atoms with Gasteiger partial charge >= 0.3 is 12.6 Å². The number of halogens is 5. The van der Waals surface area contributed by atoms with Gasteiger partial charge in [0.2, 0.25) is 5.88 Å². The average molecular weight is 638 g/mol. The number of rotatable bonds is 12. The SMILES string of the molecule is Cc1ccc(COc2cccc(-c3cc(F)c(Cc4nc5ccc(C(=O)O)cc5n4CC4(COC(F)F)CC4)cc3F)n2)c(F)c1. The summed E-state index contributed by atoms with van der Waals surface area (Å²) in [6.07, 6.45) is 1.04. The minimum atomic E-state index is -2.94. The van der Waals surface area contributed by atoms with E-state index in [1.807, 2.05) is 0 Å². The van der Waals surface area contributed by atoms with Crippen LogP contribution in [-0.2, 0) is 24.3 Å². The van der Waals surface area contributed by atoms with Crippen LogP contribution in [0.5, 0.6) is 5.88 Å². The van der Waals surface area contributed by atoms with Crippen LogP contribution in [0, 0.1) is 29.8 Å². The minimum Gasteiger partial charge on any atom is -0.478 e. The summed E-state index contributed by atoms with van der Waals surface area (Å²) in [7, 11) is 0. The fourth-order valence-corrected chi connectivity index (χ4v) is 5.37. The average Bonchev–Trinajstić information content (AvgIpc) is 3.71. The maximum Gasteiger partial charge on any atom is 0.345 e. The highest BCUT2D eigenvalue weighted by Crippen LogP contribution is 2.48. The van der Waals surface area contributed by atoms with Crippen molar-refractivity contribution in [2.75, 3.05) is 6.61 Å². The van der Waals surface area contributed by atoms with Gasteiger partial charge in [-0.15, -0.1) is 0 Å². The molecule has 2 aromatic heterocycles. The summed E-state index contributed by atoms with van der Waals surface area (Å²) in [5.74, 6) is -2.68. The maximum absolute atomic E-state index is 15.6. The molecule has 0 atom stereocenters. The van der Waals surface area contributed by atoms with Crippen LogP contribution in [0.25, 0.3) is 22.3 Å². The number of fused-ring (bicyclic) bond motifs is 1. The van der Waals surface area contributed by atoms with Crippen LogP contribution in [0.4, 0.5) is 22.0 Å². The largest absolute Gasteiger partial charge is 0.478 e. The monoisotopic (exact) mass is 637 g/mol. The van der Waals surface area contributed by atoms with Crippen molar-refractivity contribution in [3.05, 3.63) is 112 Å². The molecule has 0 amide bonds. The number of hydrogen-bond donors (Lipinski definition) is 1. The van der Waals surface area contributed by atoms with Crippen LogP contribution < -0.4 is 4.74 Å². The Morgan fingerprint density at radius 2 is 1.74 bits per heavy atom. The molecule has 1 saturated carbocycles. The van der Waals surface area contributed by atoms with Crippen molar-refractivity contribution >= 4 is 17.0 Å². The topological polar surface area (TPSA) is 86.5 Å². The molecule has 0 radical (unpaired) electrons. The normalized spacial score (nSPS) is 13.8. The molecule has 0 unspecified atom stereocenters. The number of nitrogens with zero attached hydrogens (tertiary/aromatic N) is 3. The first-order valence-corrected chi connectivity index (χ1v) is 14.5. The van der Waals surface area contributed by atoms with E-state index in [2.05, 4.69) is 14.7 Å². The van der Waals surface area contributed by atoms with Gasteiger partial charge in [0.15, 0.2) is 0 Å². The Morgan fingerprint density at radius 1 is 0.957 bits per heavy atom. The highest BCUT2D eigenvalue weighted by molar-refractivity contribution is 5.92. The number of carbonyl (C=O) groups is 1. The molecule has 6 rings (SSSR count). The van der Waals surface area contributed by atoms with Gasteiger partial charge in [0.05, 0.1) is 28.9 Å². The number of aryl methyl sites for hydroxylation is 1. The summed E-state index contributed by atoms with van der Waals surface area (Å²) < 4.78 is 82.8. The van der Waals surface area contributed by atoms with Gasteiger partial charge in [-0.1, -0.05) is 18.2 Å². The van der Waals surface area contributed by atoms with Crippen molar-refractivity contribution in [1.82, 2.24) is 14.5 Å². The van der Waals surface area contributed by atoms with Crippen LogP contribution >= 0.6 is 0 Å². The van der Waals surface area contributed by atoms with Gasteiger partial charge in [-0.05, 0) is 73.4 Å². The molecule has 1 N–H and O–H groups in total. The lowest BCUT2D eigenvalue weighted by molar-refractivity contribution is -0.142. The van der Waals surface area contributed by atoms with Crippen LogP contribution in [0.2, 0.25) is 0 Å². The minimum absolute atomic E-state index is 0.00170. The lowest BCUT2D eigenvalue weighted by Crippen LogP contribution is -2.21. The first-order chi connectivity index (χ1) is 22.0. The summed E-state index contributed by atoms with van der Waals surface area (Å²) in [5.41, 5.74) is 1.29. The number of imidazole rings is 1.